The van der Waals surface area contributed by atoms with Crippen molar-refractivity contribution < 1.29 is 4.79 Å². The molecule has 0 radical (unpaired) electrons. The molecule has 0 aliphatic rings. The third-order valence-electron chi connectivity index (χ3n) is 2.72. The lowest BCUT2D eigenvalue weighted by Gasteiger charge is -2.18. The predicted octanol–water partition coefficient (Wildman–Crippen LogP) is 3.95. The molecule has 3 N–H and O–H groups in total. The van der Waals surface area contributed by atoms with E-state index in [1.54, 1.807) is 0 Å². The summed E-state index contributed by atoms with van der Waals surface area (Å²) in [5.41, 5.74) is 7.64. The van der Waals surface area contributed by atoms with Gasteiger partial charge in [0.1, 0.15) is 0 Å². The van der Waals surface area contributed by atoms with Gasteiger partial charge in [-0.2, -0.15) is 0 Å². The second-order valence-electron chi connectivity index (χ2n) is 6.26. The summed E-state index contributed by atoms with van der Waals surface area (Å²) < 4.78 is 0.189. The highest BCUT2D eigenvalue weighted by molar-refractivity contribution is 8.00. The number of benzene rings is 1. The molecule has 0 aromatic heterocycles. The Morgan fingerprint density at radius 3 is 2.55 bits per heavy atom. The van der Waals surface area contributed by atoms with Crippen LogP contribution in [0, 0.1) is 6.92 Å². The molecule has 0 heterocycles. The third-order valence-corrected chi connectivity index (χ3v) is 3.82. The normalized spacial score (nSPS) is 13.1. The first-order chi connectivity index (χ1) is 9.17. The minimum absolute atomic E-state index is 0.0293. The summed E-state index contributed by atoms with van der Waals surface area (Å²) in [5.74, 6) is 0.0293. The Bertz CT molecular complexity index is 464. The van der Waals surface area contributed by atoms with E-state index in [0.29, 0.717) is 12.8 Å². The van der Waals surface area contributed by atoms with E-state index in [9.17, 15) is 4.79 Å². The van der Waals surface area contributed by atoms with Crippen LogP contribution in [0.5, 0.6) is 0 Å². The van der Waals surface area contributed by atoms with E-state index >= 15 is 0 Å². The summed E-state index contributed by atoms with van der Waals surface area (Å²) in [4.78, 5) is 13.0. The summed E-state index contributed by atoms with van der Waals surface area (Å²) in [6.07, 6.45) is 1.18. The summed E-state index contributed by atoms with van der Waals surface area (Å²) >= 11 is 1.83. The number of nitrogens with one attached hydrogen (secondary N) is 1. The molecule has 0 saturated heterocycles. The topological polar surface area (TPSA) is 55.1 Å². The number of carbonyl (C=O) groups excluding carboxylic acids is 1. The average Bonchev–Trinajstić information content (AvgIpc) is 2.28. The van der Waals surface area contributed by atoms with Crippen LogP contribution in [-0.2, 0) is 4.79 Å². The zero-order valence-corrected chi connectivity index (χ0v) is 13.9. The van der Waals surface area contributed by atoms with Gasteiger partial charge in [0.15, 0.2) is 0 Å². The van der Waals surface area contributed by atoms with Crippen LogP contribution >= 0.6 is 11.8 Å². The molecule has 3 nitrogen and oxygen atoms in total. The van der Waals surface area contributed by atoms with E-state index < -0.39 is 0 Å². The van der Waals surface area contributed by atoms with Crippen LogP contribution in [0.4, 0.5) is 5.69 Å². The molecular formula is C16H26N2OS. The number of amides is 1. The third kappa shape index (κ3) is 6.44. The maximum absolute atomic E-state index is 11.8. The number of nitrogens with two attached hydrogens (primary N) is 1. The van der Waals surface area contributed by atoms with E-state index in [0.717, 1.165) is 11.3 Å². The van der Waals surface area contributed by atoms with Crippen LogP contribution in [0.15, 0.2) is 23.1 Å². The van der Waals surface area contributed by atoms with Gasteiger partial charge in [0.05, 0.1) is 0 Å². The van der Waals surface area contributed by atoms with Crippen LogP contribution in [0.2, 0.25) is 0 Å². The smallest absolute Gasteiger partial charge is 0.224 e. The highest BCUT2D eigenvalue weighted by atomic mass is 32.2. The number of hydrogen-bond acceptors (Lipinski definition) is 3. The van der Waals surface area contributed by atoms with E-state index in [4.69, 9.17) is 5.73 Å². The number of anilines is 1. The maximum atomic E-state index is 11.8. The second-order valence-corrected chi connectivity index (χ2v) is 8.16. The van der Waals surface area contributed by atoms with Crippen molar-refractivity contribution in [3.8, 4) is 0 Å². The van der Waals surface area contributed by atoms with Gasteiger partial charge in [-0.05, 0) is 44.0 Å². The van der Waals surface area contributed by atoms with E-state index in [1.165, 1.54) is 4.90 Å². The van der Waals surface area contributed by atoms with Crippen LogP contribution in [0.3, 0.4) is 0 Å². The molecule has 1 rings (SSSR count). The Balaban J connectivity index is 2.66. The minimum atomic E-state index is 0.0293. The fourth-order valence-corrected chi connectivity index (χ4v) is 2.84. The first-order valence-electron chi connectivity index (χ1n) is 7.02. The molecule has 1 atom stereocenters. The summed E-state index contributed by atoms with van der Waals surface area (Å²) in [7, 11) is 0. The van der Waals surface area contributed by atoms with Crippen molar-refractivity contribution >= 4 is 23.4 Å². The zero-order valence-electron chi connectivity index (χ0n) is 13.1. The lowest BCUT2D eigenvalue weighted by Crippen LogP contribution is -2.19. The molecule has 1 amide bonds. The molecule has 0 fully saturated rings. The van der Waals surface area contributed by atoms with Crippen LogP contribution in [-0.4, -0.2) is 16.7 Å². The molecule has 0 aliphatic heterocycles. The number of aryl methyl sites for hydroxylation is 1. The van der Waals surface area contributed by atoms with Crippen LogP contribution in [0.1, 0.15) is 46.1 Å². The van der Waals surface area contributed by atoms with Gasteiger partial charge in [-0.1, -0.05) is 20.8 Å². The van der Waals surface area contributed by atoms with Crippen molar-refractivity contribution in [3.63, 3.8) is 0 Å². The summed E-state index contributed by atoms with van der Waals surface area (Å²) in [5, 5.41) is 2.95. The van der Waals surface area contributed by atoms with Crippen molar-refractivity contribution in [2.75, 3.05) is 5.32 Å². The van der Waals surface area contributed by atoms with Crippen LogP contribution in [0.25, 0.3) is 0 Å². The standard InChI is InChI=1S/C16H26N2OS/c1-11-10-13(20-16(3,4)5)7-8-14(11)18-15(19)9-6-12(2)17/h7-8,10,12H,6,9,17H2,1-5H3,(H,18,19). The Morgan fingerprint density at radius 1 is 1.40 bits per heavy atom. The molecule has 0 saturated carbocycles. The average molecular weight is 294 g/mol. The van der Waals surface area contributed by atoms with Crippen molar-refractivity contribution in [2.24, 2.45) is 5.73 Å². The fourth-order valence-electron chi connectivity index (χ4n) is 1.76. The summed E-state index contributed by atoms with van der Waals surface area (Å²) in [6.45, 7) is 10.5. The van der Waals surface area contributed by atoms with Gasteiger partial charge in [-0.3, -0.25) is 4.79 Å². The predicted molar refractivity (Wildman–Crippen MR) is 88.3 cm³/mol. The molecule has 0 bridgehead atoms. The molecule has 1 aromatic rings. The van der Waals surface area contributed by atoms with Gasteiger partial charge in [-0.25, -0.2) is 0 Å². The largest absolute Gasteiger partial charge is 0.328 e. The monoisotopic (exact) mass is 294 g/mol. The lowest BCUT2D eigenvalue weighted by atomic mass is 10.1. The number of hydrogen-bond donors (Lipinski definition) is 2. The molecule has 0 aliphatic carbocycles. The Labute approximate surface area is 126 Å². The molecule has 1 aromatic carbocycles. The van der Waals surface area contributed by atoms with Crippen molar-refractivity contribution in [2.45, 2.75) is 63.1 Å². The maximum Gasteiger partial charge on any atom is 0.224 e. The fraction of sp³-hybridized carbons (Fsp3) is 0.562. The van der Waals surface area contributed by atoms with E-state index in [2.05, 4.69) is 38.2 Å². The van der Waals surface area contributed by atoms with E-state index in [-0.39, 0.29) is 16.7 Å². The van der Waals surface area contributed by atoms with Crippen molar-refractivity contribution in [3.05, 3.63) is 23.8 Å². The molecule has 112 valence electrons. The number of rotatable bonds is 5. The van der Waals surface area contributed by atoms with Gasteiger partial charge >= 0.3 is 0 Å². The Morgan fingerprint density at radius 2 is 2.05 bits per heavy atom. The Hall–Kier alpha value is -1.00. The minimum Gasteiger partial charge on any atom is -0.328 e. The van der Waals surface area contributed by atoms with Gasteiger partial charge in [0.2, 0.25) is 5.91 Å². The van der Waals surface area contributed by atoms with E-state index in [1.807, 2.05) is 31.7 Å². The summed E-state index contributed by atoms with van der Waals surface area (Å²) in [6, 6.07) is 6.22. The molecular weight excluding hydrogens is 268 g/mol. The lowest BCUT2D eigenvalue weighted by molar-refractivity contribution is -0.116. The van der Waals surface area contributed by atoms with Gasteiger partial charge in [0, 0.05) is 27.8 Å². The quantitative estimate of drug-likeness (QED) is 0.808. The highest BCUT2D eigenvalue weighted by Crippen LogP contribution is 2.33. The van der Waals surface area contributed by atoms with Gasteiger partial charge in [0.25, 0.3) is 0 Å². The first-order valence-corrected chi connectivity index (χ1v) is 7.84. The number of thioether (sulfide) groups is 1. The highest BCUT2D eigenvalue weighted by Gasteiger charge is 2.13. The SMILES string of the molecule is Cc1cc(SC(C)(C)C)ccc1NC(=O)CCC(C)N. The van der Waals surface area contributed by atoms with Gasteiger partial charge in [-0.15, -0.1) is 11.8 Å². The van der Waals surface area contributed by atoms with Crippen molar-refractivity contribution in [1.29, 1.82) is 0 Å². The molecule has 0 spiro atoms. The number of carbonyl (C=O) groups is 1. The molecule has 4 heteroatoms. The van der Waals surface area contributed by atoms with Crippen molar-refractivity contribution in [1.82, 2.24) is 0 Å². The first kappa shape index (κ1) is 17.1. The van der Waals surface area contributed by atoms with Crippen LogP contribution < -0.4 is 11.1 Å². The molecule has 1 unspecified atom stereocenters. The molecule has 20 heavy (non-hydrogen) atoms. The Kier molecular flexibility index (Phi) is 6.08. The second kappa shape index (κ2) is 7.14. The zero-order chi connectivity index (χ0) is 15.3. The van der Waals surface area contributed by atoms with Gasteiger partial charge < -0.3 is 11.1 Å².